The fourth-order valence-corrected chi connectivity index (χ4v) is 4.43. The maximum atomic E-state index is 13.6. The number of ether oxygens (including phenoxy) is 3. The quantitative estimate of drug-likeness (QED) is 0.163. The van der Waals surface area contributed by atoms with Crippen molar-refractivity contribution in [3.8, 4) is 0 Å². The summed E-state index contributed by atoms with van der Waals surface area (Å²) in [5, 5.41) is 11.0. The Kier molecular flexibility index (Phi) is 14.8. The third-order valence-electron chi connectivity index (χ3n) is 6.62. The zero-order chi connectivity index (χ0) is 32.7. The van der Waals surface area contributed by atoms with Crippen molar-refractivity contribution in [1.29, 1.82) is 0 Å². The zero-order valence-electron chi connectivity index (χ0n) is 26.6. The fourth-order valence-electron chi connectivity index (χ4n) is 4.43. The summed E-state index contributed by atoms with van der Waals surface area (Å²) in [4.78, 5) is 63.9. The van der Waals surface area contributed by atoms with Gasteiger partial charge in [0.15, 0.2) is 0 Å². The van der Waals surface area contributed by atoms with Crippen LogP contribution in [0.25, 0.3) is 0 Å². The van der Waals surface area contributed by atoms with Crippen molar-refractivity contribution in [3.63, 3.8) is 0 Å². The Hall–Kier alpha value is -3.93. The minimum Gasteiger partial charge on any atom is -0.463 e. The van der Waals surface area contributed by atoms with E-state index in [1.807, 2.05) is 65.0 Å². The lowest BCUT2D eigenvalue weighted by atomic mass is 9.97. The Morgan fingerprint density at radius 1 is 1.00 bits per heavy atom. The number of rotatable bonds is 16. The van der Waals surface area contributed by atoms with E-state index in [0.29, 0.717) is 19.4 Å². The van der Waals surface area contributed by atoms with Crippen LogP contribution in [0.3, 0.4) is 0 Å². The van der Waals surface area contributed by atoms with Crippen LogP contribution in [-0.4, -0.2) is 73.3 Å². The summed E-state index contributed by atoms with van der Waals surface area (Å²) in [5.41, 5.74) is 0.179. The Labute approximate surface area is 260 Å². The molecule has 2 rings (SSSR count). The molecule has 4 N–H and O–H groups in total. The number of nitrogens with one attached hydrogen (secondary N) is 4. The van der Waals surface area contributed by atoms with Gasteiger partial charge in [0.25, 0.3) is 0 Å². The molecule has 0 radical (unpaired) electrons. The van der Waals surface area contributed by atoms with Gasteiger partial charge in [-0.15, -0.1) is 0 Å². The van der Waals surface area contributed by atoms with Gasteiger partial charge in [0, 0.05) is 24.6 Å². The predicted molar refractivity (Wildman–Crippen MR) is 164 cm³/mol. The molecule has 1 saturated heterocycles. The number of carbonyl (C=O) groups excluding carboxylic acids is 5. The fraction of sp³-hybridized carbons (Fsp3) is 0.594. The highest BCUT2D eigenvalue weighted by Gasteiger charge is 2.32. The van der Waals surface area contributed by atoms with E-state index in [0.717, 1.165) is 5.56 Å². The van der Waals surface area contributed by atoms with Crippen LogP contribution < -0.4 is 21.3 Å². The van der Waals surface area contributed by atoms with Crippen molar-refractivity contribution in [2.45, 2.75) is 91.1 Å². The van der Waals surface area contributed by atoms with Gasteiger partial charge >= 0.3 is 12.1 Å². The van der Waals surface area contributed by atoms with Crippen molar-refractivity contribution in [2.75, 3.05) is 19.8 Å². The summed E-state index contributed by atoms with van der Waals surface area (Å²) in [6, 6.07) is 6.32. The maximum absolute atomic E-state index is 13.6. The summed E-state index contributed by atoms with van der Waals surface area (Å²) in [7, 11) is 0. The van der Waals surface area contributed by atoms with E-state index in [1.165, 1.54) is 12.2 Å². The molecule has 1 aliphatic rings. The normalized spacial score (nSPS) is 17.0. The molecule has 0 aliphatic carbocycles. The monoisotopic (exact) mass is 616 g/mol. The highest BCUT2D eigenvalue weighted by atomic mass is 16.6. The molecular formula is C32H48N4O8. The van der Waals surface area contributed by atoms with E-state index in [9.17, 15) is 24.0 Å². The summed E-state index contributed by atoms with van der Waals surface area (Å²) < 4.78 is 16.1. The first-order valence-electron chi connectivity index (χ1n) is 15.1. The second kappa shape index (κ2) is 18.0. The molecular weight excluding hydrogens is 568 g/mol. The molecule has 0 saturated carbocycles. The Bertz CT molecular complexity index is 1130. The van der Waals surface area contributed by atoms with Crippen molar-refractivity contribution in [3.05, 3.63) is 48.0 Å². The molecule has 44 heavy (non-hydrogen) atoms. The number of benzene rings is 1. The summed E-state index contributed by atoms with van der Waals surface area (Å²) in [5.74, 6) is -2.12. The number of amides is 4. The highest BCUT2D eigenvalue weighted by molar-refractivity contribution is 5.91. The van der Waals surface area contributed by atoms with Gasteiger partial charge in [0.05, 0.1) is 18.8 Å². The van der Waals surface area contributed by atoms with Gasteiger partial charge in [-0.25, -0.2) is 9.59 Å². The third-order valence-corrected chi connectivity index (χ3v) is 6.62. The number of alkyl carbamates (subject to hydrolysis) is 1. The molecule has 1 aromatic carbocycles. The molecule has 12 nitrogen and oxygen atoms in total. The van der Waals surface area contributed by atoms with Crippen LogP contribution in [0.15, 0.2) is 42.5 Å². The Balaban J connectivity index is 2.17. The van der Waals surface area contributed by atoms with E-state index in [2.05, 4.69) is 21.3 Å². The molecule has 12 heteroatoms. The first-order valence-corrected chi connectivity index (χ1v) is 15.1. The average Bonchev–Trinajstić information content (AvgIpc) is 3.36. The van der Waals surface area contributed by atoms with Crippen LogP contribution in [0, 0.1) is 11.8 Å². The summed E-state index contributed by atoms with van der Waals surface area (Å²) in [6.45, 7) is 11.5. The molecule has 244 valence electrons. The summed E-state index contributed by atoms with van der Waals surface area (Å²) >= 11 is 0. The van der Waals surface area contributed by atoms with Crippen molar-refractivity contribution < 1.29 is 38.2 Å². The molecule has 0 unspecified atom stereocenters. The minimum absolute atomic E-state index is 0.0131. The van der Waals surface area contributed by atoms with Crippen LogP contribution in [0.5, 0.6) is 0 Å². The van der Waals surface area contributed by atoms with Gasteiger partial charge in [-0.3, -0.25) is 14.4 Å². The molecule has 1 aliphatic heterocycles. The van der Waals surface area contributed by atoms with Crippen molar-refractivity contribution in [1.82, 2.24) is 21.3 Å². The van der Waals surface area contributed by atoms with Gasteiger partial charge in [-0.2, -0.15) is 0 Å². The number of esters is 1. The van der Waals surface area contributed by atoms with Crippen molar-refractivity contribution in [2.24, 2.45) is 11.8 Å². The van der Waals surface area contributed by atoms with Crippen LogP contribution in [0.1, 0.15) is 66.4 Å². The molecule has 0 aromatic heterocycles. The van der Waals surface area contributed by atoms with E-state index >= 15 is 0 Å². The molecule has 4 amide bonds. The molecule has 1 heterocycles. The smallest absolute Gasteiger partial charge is 0.408 e. The first-order chi connectivity index (χ1) is 20.8. The lowest BCUT2D eigenvalue weighted by Gasteiger charge is -2.28. The zero-order valence-corrected chi connectivity index (χ0v) is 26.6. The van der Waals surface area contributed by atoms with E-state index < -0.39 is 47.6 Å². The van der Waals surface area contributed by atoms with Gasteiger partial charge in [-0.05, 0) is 58.4 Å². The second-order valence-electron chi connectivity index (χ2n) is 12.1. The van der Waals surface area contributed by atoms with E-state index in [4.69, 9.17) is 14.2 Å². The van der Waals surface area contributed by atoms with E-state index in [1.54, 1.807) is 6.92 Å². The van der Waals surface area contributed by atoms with Crippen LogP contribution in [0.2, 0.25) is 0 Å². The topological polar surface area (TPSA) is 161 Å². The van der Waals surface area contributed by atoms with Crippen molar-refractivity contribution >= 4 is 29.8 Å². The molecule has 0 spiro atoms. The van der Waals surface area contributed by atoms with Gasteiger partial charge in [-0.1, -0.05) is 50.3 Å². The molecule has 0 bridgehead atoms. The van der Waals surface area contributed by atoms with Crippen LogP contribution in [0.4, 0.5) is 4.79 Å². The minimum atomic E-state index is -1.15. The maximum Gasteiger partial charge on any atom is 0.408 e. The predicted octanol–water partition coefficient (Wildman–Crippen LogP) is 2.76. The third kappa shape index (κ3) is 14.0. The van der Waals surface area contributed by atoms with E-state index in [-0.39, 0.29) is 44.0 Å². The lowest BCUT2D eigenvalue weighted by Crippen LogP contribution is -2.56. The Morgan fingerprint density at radius 3 is 2.27 bits per heavy atom. The van der Waals surface area contributed by atoms with Gasteiger partial charge in [0.2, 0.25) is 17.7 Å². The van der Waals surface area contributed by atoms with Crippen LogP contribution in [-0.2, 0) is 40.0 Å². The highest BCUT2D eigenvalue weighted by Crippen LogP contribution is 2.18. The number of carbonyl (C=O) groups is 5. The van der Waals surface area contributed by atoms with Crippen LogP contribution >= 0.6 is 0 Å². The van der Waals surface area contributed by atoms with Gasteiger partial charge < -0.3 is 35.5 Å². The molecule has 1 fully saturated rings. The largest absolute Gasteiger partial charge is 0.463 e. The Morgan fingerprint density at radius 2 is 1.68 bits per heavy atom. The SMILES string of the molecule is CCOC(=O)C=C[C@H](C[C@@H]1CCNC1=O)NC(=O)[C@H](CC(C)C)NC(=O)[C@H](COC(C)(C)C)NC(=O)OCc1ccccc1. The number of hydrogen-bond donors (Lipinski definition) is 4. The average molecular weight is 617 g/mol. The molecule has 1 aromatic rings. The second-order valence-corrected chi connectivity index (χ2v) is 12.1. The summed E-state index contributed by atoms with van der Waals surface area (Å²) in [6.07, 6.45) is 3.08. The lowest BCUT2D eigenvalue weighted by molar-refractivity contribution is -0.137. The standard InChI is InChI=1S/C32H48N4O8/c1-7-42-27(37)14-13-24(18-23-15-16-33-28(23)38)34-29(39)25(17-21(2)3)35-30(40)26(20-44-32(4,5)6)36-31(41)43-19-22-11-9-8-10-12-22/h8-14,21,23-26H,7,15-20H2,1-6H3,(H,33,38)(H,34,39)(H,35,40)(H,36,41)/t23-,24+,25-,26-/m0/s1. The molecule has 4 atom stereocenters. The number of hydrogen-bond acceptors (Lipinski definition) is 8. The first kappa shape index (κ1) is 36.3. The van der Waals surface area contributed by atoms with Gasteiger partial charge in [0.1, 0.15) is 18.7 Å².